The third kappa shape index (κ3) is 3.40. The highest BCUT2D eigenvalue weighted by atomic mass is 16.5. The number of carbonyl (C=O) groups excluding carboxylic acids is 2. The Balaban J connectivity index is 1.72. The summed E-state index contributed by atoms with van der Waals surface area (Å²) in [6, 6.07) is 8.26. The summed E-state index contributed by atoms with van der Waals surface area (Å²) in [5.74, 6) is -0.166. The molecule has 5 nitrogen and oxygen atoms in total. The van der Waals surface area contributed by atoms with Crippen LogP contribution in [0.25, 0.3) is 0 Å². The van der Waals surface area contributed by atoms with Crippen LogP contribution >= 0.6 is 0 Å². The van der Waals surface area contributed by atoms with Crippen molar-refractivity contribution in [1.29, 1.82) is 0 Å². The number of ether oxygens (including phenoxy) is 1. The molecule has 0 N–H and O–H groups in total. The first-order valence-corrected chi connectivity index (χ1v) is 8.75. The van der Waals surface area contributed by atoms with Gasteiger partial charge in [0.05, 0.1) is 13.0 Å². The van der Waals surface area contributed by atoms with E-state index in [0.29, 0.717) is 13.0 Å². The van der Waals surface area contributed by atoms with Gasteiger partial charge in [0.25, 0.3) is 0 Å². The zero-order valence-corrected chi connectivity index (χ0v) is 14.5. The minimum Gasteiger partial charge on any atom is -0.469 e. The van der Waals surface area contributed by atoms with Gasteiger partial charge in [0, 0.05) is 38.3 Å². The molecular weight excluding hydrogens is 304 g/mol. The monoisotopic (exact) mass is 330 g/mol. The van der Waals surface area contributed by atoms with Crippen LogP contribution < -0.4 is 4.90 Å². The SMILES string of the molecule is COC(=O)C1CCCC(C(=O)N2CCN(C)c3ccccc3C2)C1. The lowest BCUT2D eigenvalue weighted by molar-refractivity contribution is -0.148. The van der Waals surface area contributed by atoms with Crippen LogP contribution in [0.15, 0.2) is 24.3 Å². The van der Waals surface area contributed by atoms with Crippen molar-refractivity contribution in [2.45, 2.75) is 32.2 Å². The molecule has 130 valence electrons. The molecule has 1 amide bonds. The number of hydrogen-bond acceptors (Lipinski definition) is 4. The van der Waals surface area contributed by atoms with Gasteiger partial charge < -0.3 is 14.5 Å². The third-order valence-corrected chi connectivity index (χ3v) is 5.34. The normalized spacial score (nSPS) is 24.1. The number of rotatable bonds is 2. The number of carbonyl (C=O) groups is 2. The van der Waals surface area contributed by atoms with Gasteiger partial charge in [0.15, 0.2) is 0 Å². The fraction of sp³-hybridized carbons (Fsp3) is 0.579. The summed E-state index contributed by atoms with van der Waals surface area (Å²) in [5, 5.41) is 0. The average molecular weight is 330 g/mol. The highest BCUT2D eigenvalue weighted by Crippen LogP contribution is 2.32. The molecule has 2 aliphatic rings. The van der Waals surface area contributed by atoms with Gasteiger partial charge in [-0.25, -0.2) is 0 Å². The molecule has 1 aromatic carbocycles. The highest BCUT2D eigenvalue weighted by molar-refractivity contribution is 5.81. The Morgan fingerprint density at radius 3 is 2.67 bits per heavy atom. The van der Waals surface area contributed by atoms with Crippen molar-refractivity contribution in [2.75, 3.05) is 32.1 Å². The Kier molecular flexibility index (Phi) is 5.07. The summed E-state index contributed by atoms with van der Waals surface area (Å²) in [6.07, 6.45) is 3.25. The first-order chi connectivity index (χ1) is 11.6. The number of likely N-dealkylation sites (N-methyl/N-ethyl adjacent to an activating group) is 1. The molecule has 0 spiro atoms. The smallest absolute Gasteiger partial charge is 0.308 e. The molecule has 0 radical (unpaired) electrons. The van der Waals surface area contributed by atoms with Crippen molar-refractivity contribution >= 4 is 17.6 Å². The Bertz CT molecular complexity index is 616. The van der Waals surface area contributed by atoms with Gasteiger partial charge >= 0.3 is 5.97 Å². The molecular formula is C19H26N2O3. The van der Waals surface area contributed by atoms with Crippen LogP contribution in [0.1, 0.15) is 31.2 Å². The lowest BCUT2D eigenvalue weighted by atomic mass is 9.80. The number of fused-ring (bicyclic) bond motifs is 1. The second-order valence-corrected chi connectivity index (χ2v) is 6.89. The van der Waals surface area contributed by atoms with Gasteiger partial charge in [0.2, 0.25) is 5.91 Å². The second kappa shape index (κ2) is 7.24. The van der Waals surface area contributed by atoms with E-state index in [-0.39, 0.29) is 23.7 Å². The van der Waals surface area contributed by atoms with Crippen molar-refractivity contribution in [3.63, 3.8) is 0 Å². The molecule has 2 unspecified atom stereocenters. The van der Waals surface area contributed by atoms with Gasteiger partial charge in [-0.05, 0) is 30.9 Å². The highest BCUT2D eigenvalue weighted by Gasteiger charge is 2.34. The summed E-state index contributed by atoms with van der Waals surface area (Å²) >= 11 is 0. The third-order valence-electron chi connectivity index (χ3n) is 5.34. The van der Waals surface area contributed by atoms with E-state index >= 15 is 0 Å². The van der Waals surface area contributed by atoms with Crippen molar-refractivity contribution in [1.82, 2.24) is 4.90 Å². The molecule has 1 aliphatic heterocycles. The Morgan fingerprint density at radius 2 is 1.88 bits per heavy atom. The summed E-state index contributed by atoms with van der Waals surface area (Å²) in [7, 11) is 3.50. The van der Waals surface area contributed by atoms with E-state index in [2.05, 4.69) is 24.1 Å². The van der Waals surface area contributed by atoms with E-state index in [4.69, 9.17) is 4.74 Å². The van der Waals surface area contributed by atoms with Crippen LogP contribution in [-0.2, 0) is 20.9 Å². The molecule has 0 bridgehead atoms. The van der Waals surface area contributed by atoms with Crippen molar-refractivity contribution in [3.05, 3.63) is 29.8 Å². The lowest BCUT2D eigenvalue weighted by Gasteiger charge is -2.31. The Morgan fingerprint density at radius 1 is 1.12 bits per heavy atom. The standard InChI is InChI=1S/C19H26N2O3/c1-20-10-11-21(13-16-6-3-4-9-17(16)20)18(22)14-7-5-8-15(12-14)19(23)24-2/h3-4,6,9,14-15H,5,7-8,10-13H2,1-2H3. The fourth-order valence-corrected chi connectivity index (χ4v) is 3.93. The first kappa shape index (κ1) is 16.8. The van der Waals surface area contributed by atoms with E-state index < -0.39 is 0 Å². The van der Waals surface area contributed by atoms with Gasteiger partial charge in [-0.1, -0.05) is 24.6 Å². The molecule has 0 aromatic heterocycles. The number of benzene rings is 1. The molecule has 3 rings (SSSR count). The molecule has 1 aliphatic carbocycles. The maximum absolute atomic E-state index is 13.0. The predicted molar refractivity (Wildman–Crippen MR) is 92.6 cm³/mol. The quantitative estimate of drug-likeness (QED) is 0.782. The van der Waals surface area contributed by atoms with E-state index in [1.54, 1.807) is 0 Å². The van der Waals surface area contributed by atoms with Crippen LogP contribution in [-0.4, -0.2) is 44.0 Å². The molecule has 1 aromatic rings. The molecule has 0 saturated heterocycles. The zero-order chi connectivity index (χ0) is 17.1. The van der Waals surface area contributed by atoms with Crippen LogP contribution in [0.3, 0.4) is 0 Å². The van der Waals surface area contributed by atoms with Crippen LogP contribution in [0.4, 0.5) is 5.69 Å². The summed E-state index contributed by atoms with van der Waals surface area (Å²) in [4.78, 5) is 29.0. The molecule has 1 heterocycles. The minimum atomic E-state index is -0.173. The number of anilines is 1. The molecule has 2 atom stereocenters. The molecule has 5 heteroatoms. The number of para-hydroxylation sites is 1. The molecule has 1 fully saturated rings. The summed E-state index contributed by atoms with van der Waals surface area (Å²) < 4.78 is 4.87. The van der Waals surface area contributed by atoms with Crippen molar-refractivity contribution in [2.24, 2.45) is 11.8 Å². The summed E-state index contributed by atoms with van der Waals surface area (Å²) in [5.41, 5.74) is 2.38. The summed E-state index contributed by atoms with van der Waals surface area (Å²) in [6.45, 7) is 2.21. The largest absolute Gasteiger partial charge is 0.469 e. The van der Waals surface area contributed by atoms with E-state index in [0.717, 1.165) is 32.4 Å². The van der Waals surface area contributed by atoms with E-state index in [9.17, 15) is 9.59 Å². The predicted octanol–water partition coefficient (Wildman–Crippen LogP) is 2.44. The van der Waals surface area contributed by atoms with Gasteiger partial charge in [0.1, 0.15) is 0 Å². The van der Waals surface area contributed by atoms with Crippen molar-refractivity contribution < 1.29 is 14.3 Å². The maximum Gasteiger partial charge on any atom is 0.308 e. The molecule has 24 heavy (non-hydrogen) atoms. The van der Waals surface area contributed by atoms with Crippen LogP contribution in [0, 0.1) is 11.8 Å². The van der Waals surface area contributed by atoms with Gasteiger partial charge in [-0.2, -0.15) is 0 Å². The second-order valence-electron chi connectivity index (χ2n) is 6.89. The van der Waals surface area contributed by atoms with E-state index in [1.807, 2.05) is 17.0 Å². The Labute approximate surface area is 143 Å². The first-order valence-electron chi connectivity index (χ1n) is 8.75. The topological polar surface area (TPSA) is 49.9 Å². The minimum absolute atomic E-state index is 0.0570. The fourth-order valence-electron chi connectivity index (χ4n) is 3.93. The van der Waals surface area contributed by atoms with E-state index in [1.165, 1.54) is 18.4 Å². The lowest BCUT2D eigenvalue weighted by Crippen LogP contribution is -2.40. The Hall–Kier alpha value is -2.04. The van der Waals surface area contributed by atoms with Gasteiger partial charge in [-0.15, -0.1) is 0 Å². The van der Waals surface area contributed by atoms with Gasteiger partial charge in [-0.3, -0.25) is 9.59 Å². The number of methoxy groups -OCH3 is 1. The molecule has 1 saturated carbocycles. The number of hydrogen-bond donors (Lipinski definition) is 0. The average Bonchev–Trinajstić information content (AvgIpc) is 2.80. The van der Waals surface area contributed by atoms with Crippen LogP contribution in [0.5, 0.6) is 0 Å². The van der Waals surface area contributed by atoms with Crippen molar-refractivity contribution in [3.8, 4) is 0 Å². The number of amides is 1. The van der Waals surface area contributed by atoms with Crippen LogP contribution in [0.2, 0.25) is 0 Å². The zero-order valence-electron chi connectivity index (χ0n) is 14.5. The number of esters is 1. The number of nitrogens with zero attached hydrogens (tertiary/aromatic N) is 2. The maximum atomic E-state index is 13.0.